The van der Waals surface area contributed by atoms with Crippen LogP contribution in [0.25, 0.3) is 0 Å². The van der Waals surface area contributed by atoms with Gasteiger partial charge in [-0.15, -0.1) is 0 Å². The normalized spacial score (nSPS) is 11.8. The number of carboxylic acids is 1. The van der Waals surface area contributed by atoms with Gasteiger partial charge in [-0.3, -0.25) is 0 Å². The van der Waals surface area contributed by atoms with Gasteiger partial charge in [-0.1, -0.05) is 17.7 Å². The predicted molar refractivity (Wildman–Crippen MR) is 48.8 cm³/mol. The molecule has 72 valence electrons. The summed E-state index contributed by atoms with van der Waals surface area (Å²) >= 11 is 5.60. The second-order valence-electron chi connectivity index (χ2n) is 2.58. The lowest BCUT2D eigenvalue weighted by atomic mass is 10.0. The van der Waals surface area contributed by atoms with E-state index in [4.69, 9.17) is 22.0 Å². The van der Waals surface area contributed by atoms with Crippen LogP contribution >= 0.6 is 11.6 Å². The Balaban J connectivity index is 3.22. The molecule has 1 aromatic carbocycles. The molecular formula is C9H6ClNO3. The van der Waals surface area contributed by atoms with E-state index in [1.165, 1.54) is 18.2 Å². The lowest BCUT2D eigenvalue weighted by Crippen LogP contribution is -2.11. The van der Waals surface area contributed by atoms with Crippen LogP contribution in [0.3, 0.4) is 0 Å². The molecule has 0 amide bonds. The summed E-state index contributed by atoms with van der Waals surface area (Å²) < 4.78 is 0. The third-order valence-corrected chi connectivity index (χ3v) is 1.90. The molecule has 1 rings (SSSR count). The number of halogens is 1. The molecule has 0 bridgehead atoms. The number of aliphatic hydroxyl groups is 1. The summed E-state index contributed by atoms with van der Waals surface area (Å²) in [5, 5.41) is 26.7. The fourth-order valence-corrected chi connectivity index (χ4v) is 1.17. The van der Waals surface area contributed by atoms with Crippen LogP contribution in [-0.4, -0.2) is 16.2 Å². The fourth-order valence-electron chi connectivity index (χ4n) is 0.997. The first kappa shape index (κ1) is 10.5. The molecule has 1 atom stereocenters. The number of aliphatic hydroxyl groups excluding tert-OH is 1. The monoisotopic (exact) mass is 211 g/mol. The van der Waals surface area contributed by atoms with Crippen molar-refractivity contribution in [2.24, 2.45) is 0 Å². The van der Waals surface area contributed by atoms with E-state index in [0.29, 0.717) is 5.02 Å². The van der Waals surface area contributed by atoms with Gasteiger partial charge in [0, 0.05) is 10.6 Å². The number of hydrogen-bond donors (Lipinski definition) is 2. The van der Waals surface area contributed by atoms with Crippen LogP contribution in [0.5, 0.6) is 0 Å². The van der Waals surface area contributed by atoms with Crippen LogP contribution in [0.2, 0.25) is 5.02 Å². The molecule has 5 heteroatoms. The van der Waals surface area contributed by atoms with E-state index in [0.717, 1.165) is 0 Å². The van der Waals surface area contributed by atoms with Crippen LogP contribution < -0.4 is 0 Å². The highest BCUT2D eigenvalue weighted by atomic mass is 35.5. The number of hydrogen-bond acceptors (Lipinski definition) is 3. The molecule has 4 nitrogen and oxygen atoms in total. The summed E-state index contributed by atoms with van der Waals surface area (Å²) in [6, 6.07) is 5.81. The number of benzene rings is 1. The third-order valence-electron chi connectivity index (χ3n) is 1.66. The van der Waals surface area contributed by atoms with Crippen molar-refractivity contribution in [1.29, 1.82) is 5.26 Å². The van der Waals surface area contributed by atoms with Gasteiger partial charge in [-0.2, -0.15) is 5.26 Å². The molecule has 0 saturated carbocycles. The van der Waals surface area contributed by atoms with E-state index < -0.39 is 12.1 Å². The van der Waals surface area contributed by atoms with Crippen LogP contribution in [0.15, 0.2) is 18.2 Å². The Bertz CT molecular complexity index is 411. The Morgan fingerprint density at radius 3 is 2.71 bits per heavy atom. The maximum atomic E-state index is 10.5. The lowest BCUT2D eigenvalue weighted by molar-refractivity contribution is -0.146. The van der Waals surface area contributed by atoms with Crippen molar-refractivity contribution in [3.05, 3.63) is 34.3 Å². The Kier molecular flexibility index (Phi) is 3.07. The average molecular weight is 212 g/mol. The van der Waals surface area contributed by atoms with E-state index in [1.54, 1.807) is 6.07 Å². The quantitative estimate of drug-likeness (QED) is 0.773. The van der Waals surface area contributed by atoms with Gasteiger partial charge < -0.3 is 10.2 Å². The summed E-state index contributed by atoms with van der Waals surface area (Å²) in [6.45, 7) is 0. The smallest absolute Gasteiger partial charge is 0.337 e. The van der Waals surface area contributed by atoms with Gasteiger partial charge in [0.15, 0.2) is 6.10 Å². The Morgan fingerprint density at radius 1 is 1.57 bits per heavy atom. The van der Waals surface area contributed by atoms with Crippen molar-refractivity contribution in [3.8, 4) is 6.07 Å². The maximum Gasteiger partial charge on any atom is 0.337 e. The van der Waals surface area contributed by atoms with Crippen molar-refractivity contribution >= 4 is 17.6 Å². The Labute approximate surface area is 85.0 Å². The highest BCUT2D eigenvalue weighted by molar-refractivity contribution is 6.30. The van der Waals surface area contributed by atoms with E-state index in [9.17, 15) is 9.90 Å². The largest absolute Gasteiger partial charge is 0.479 e. The first-order valence-electron chi connectivity index (χ1n) is 3.66. The minimum atomic E-state index is -1.69. The third kappa shape index (κ3) is 2.02. The highest BCUT2D eigenvalue weighted by Crippen LogP contribution is 2.21. The maximum absolute atomic E-state index is 10.5. The van der Waals surface area contributed by atoms with Gasteiger partial charge in [-0.25, -0.2) is 4.79 Å². The second kappa shape index (κ2) is 4.09. The van der Waals surface area contributed by atoms with E-state index >= 15 is 0 Å². The number of nitriles is 1. The molecule has 0 aliphatic carbocycles. The van der Waals surface area contributed by atoms with E-state index in [1.807, 2.05) is 0 Å². The van der Waals surface area contributed by atoms with Crippen molar-refractivity contribution in [1.82, 2.24) is 0 Å². The van der Waals surface area contributed by atoms with Gasteiger partial charge in [-0.05, 0) is 12.1 Å². The number of aliphatic carboxylic acids is 1. The van der Waals surface area contributed by atoms with E-state index in [2.05, 4.69) is 0 Å². The molecule has 0 aromatic heterocycles. The van der Waals surface area contributed by atoms with Crippen LogP contribution in [0, 0.1) is 11.3 Å². The van der Waals surface area contributed by atoms with Crippen molar-refractivity contribution < 1.29 is 15.0 Å². The zero-order valence-corrected chi connectivity index (χ0v) is 7.69. The number of carbonyl (C=O) groups is 1. The lowest BCUT2D eigenvalue weighted by Gasteiger charge is -2.07. The van der Waals surface area contributed by atoms with Gasteiger partial charge in [0.05, 0.1) is 11.6 Å². The van der Waals surface area contributed by atoms with Crippen LogP contribution in [0.4, 0.5) is 0 Å². The van der Waals surface area contributed by atoms with Crippen molar-refractivity contribution in [3.63, 3.8) is 0 Å². The number of carboxylic acid groups (broad SMARTS) is 1. The van der Waals surface area contributed by atoms with Gasteiger partial charge in [0.1, 0.15) is 0 Å². The summed E-state index contributed by atoms with van der Waals surface area (Å²) in [4.78, 5) is 10.5. The molecule has 0 radical (unpaired) electrons. The predicted octanol–water partition coefficient (Wildman–Crippen LogP) is 1.33. The summed E-state index contributed by atoms with van der Waals surface area (Å²) in [6.07, 6.45) is -1.69. The molecule has 0 fully saturated rings. The number of nitrogens with zero attached hydrogens (tertiary/aromatic N) is 1. The molecule has 1 unspecified atom stereocenters. The fraction of sp³-hybridized carbons (Fsp3) is 0.111. The highest BCUT2D eigenvalue weighted by Gasteiger charge is 2.19. The Hall–Kier alpha value is -1.57. The molecule has 0 spiro atoms. The van der Waals surface area contributed by atoms with Crippen LogP contribution in [0.1, 0.15) is 17.2 Å². The standard InChI is InChI=1S/C9H6ClNO3/c10-6-1-2-7(5(3-6)4-11)8(12)9(13)14/h1-3,8,12H,(H,13,14). The van der Waals surface area contributed by atoms with Gasteiger partial charge >= 0.3 is 5.97 Å². The summed E-state index contributed by atoms with van der Waals surface area (Å²) in [5.41, 5.74) is 0.108. The zero-order valence-electron chi connectivity index (χ0n) is 6.94. The second-order valence-corrected chi connectivity index (χ2v) is 3.02. The molecule has 14 heavy (non-hydrogen) atoms. The topological polar surface area (TPSA) is 81.3 Å². The summed E-state index contributed by atoms with van der Waals surface area (Å²) in [7, 11) is 0. The first-order valence-corrected chi connectivity index (χ1v) is 4.04. The SMILES string of the molecule is N#Cc1cc(Cl)ccc1C(O)C(=O)O. The molecule has 0 aliphatic heterocycles. The molecule has 0 heterocycles. The average Bonchev–Trinajstić information content (AvgIpc) is 2.16. The first-order chi connectivity index (χ1) is 6.56. The summed E-state index contributed by atoms with van der Waals surface area (Å²) in [5.74, 6) is -1.40. The zero-order chi connectivity index (χ0) is 10.7. The molecule has 2 N–H and O–H groups in total. The number of rotatable bonds is 2. The van der Waals surface area contributed by atoms with Crippen molar-refractivity contribution in [2.45, 2.75) is 6.10 Å². The van der Waals surface area contributed by atoms with Crippen molar-refractivity contribution in [2.75, 3.05) is 0 Å². The van der Waals surface area contributed by atoms with E-state index in [-0.39, 0.29) is 11.1 Å². The molecule has 0 saturated heterocycles. The molecule has 0 aliphatic rings. The Morgan fingerprint density at radius 2 is 2.21 bits per heavy atom. The van der Waals surface area contributed by atoms with Crippen LogP contribution in [-0.2, 0) is 4.79 Å². The minimum Gasteiger partial charge on any atom is -0.479 e. The molecular weight excluding hydrogens is 206 g/mol. The van der Waals surface area contributed by atoms with Gasteiger partial charge in [0.25, 0.3) is 0 Å². The van der Waals surface area contributed by atoms with Gasteiger partial charge in [0.2, 0.25) is 0 Å². The minimum absolute atomic E-state index is 0.0457. The molecule has 1 aromatic rings.